The highest BCUT2D eigenvalue weighted by molar-refractivity contribution is 5.92. The van der Waals surface area contributed by atoms with Crippen LogP contribution in [0.15, 0.2) is 0 Å². The summed E-state index contributed by atoms with van der Waals surface area (Å²) in [5.74, 6) is -0.180. The van der Waals surface area contributed by atoms with Gasteiger partial charge in [-0.15, -0.1) is 0 Å². The number of nitrogens with two attached hydrogens (primary N) is 1. The van der Waals surface area contributed by atoms with Crippen molar-refractivity contribution >= 4 is 23.4 Å². The fraction of sp³-hybridized carbons (Fsp3) is 0.892. The molecule has 46 heavy (non-hydrogen) atoms. The van der Waals surface area contributed by atoms with Gasteiger partial charge in [0, 0.05) is 54.4 Å². The smallest absolute Gasteiger partial charge is 0.220 e. The summed E-state index contributed by atoms with van der Waals surface area (Å²) in [5.41, 5.74) is 2.91. The van der Waals surface area contributed by atoms with Gasteiger partial charge in [0.1, 0.15) is 0 Å². The molecule has 0 aromatic rings. The second kappa shape index (κ2) is 21.2. The van der Waals surface area contributed by atoms with Crippen LogP contribution in [0.2, 0.25) is 0 Å². The molecule has 2 unspecified atom stereocenters. The predicted molar refractivity (Wildman–Crippen MR) is 192 cm³/mol. The molecule has 0 rings (SSSR count). The summed E-state index contributed by atoms with van der Waals surface area (Å²) in [7, 11) is 0. The molecule has 9 heteroatoms. The SMILES string of the molecule is CCCCCCNC(=O)CCC(NC(C)(C)C(C)(C)C(=O)C(CCC(=O)NCCN)NC(C)(C)CCCCCC)C(=O)C(C)(C)C. The number of amides is 2. The molecule has 0 aliphatic rings. The number of unbranched alkanes of at least 4 members (excludes halogenated alkanes) is 6. The third-order valence-electron chi connectivity index (χ3n) is 9.45. The zero-order valence-corrected chi connectivity index (χ0v) is 31.7. The Morgan fingerprint density at radius 1 is 0.609 bits per heavy atom. The molecular weight excluding hydrogens is 578 g/mol. The van der Waals surface area contributed by atoms with E-state index >= 15 is 0 Å². The lowest BCUT2D eigenvalue weighted by Crippen LogP contribution is -2.64. The van der Waals surface area contributed by atoms with Gasteiger partial charge in [0.2, 0.25) is 11.8 Å². The van der Waals surface area contributed by atoms with Gasteiger partial charge in [-0.05, 0) is 53.4 Å². The topological polar surface area (TPSA) is 142 Å². The van der Waals surface area contributed by atoms with Gasteiger partial charge in [-0.2, -0.15) is 0 Å². The first kappa shape index (κ1) is 44.2. The Labute approximate surface area is 282 Å². The largest absolute Gasteiger partial charge is 0.356 e. The molecule has 0 aromatic carbocycles. The Bertz CT molecular complexity index is 923. The lowest BCUT2D eigenvalue weighted by molar-refractivity contribution is -0.137. The zero-order chi connectivity index (χ0) is 35.6. The van der Waals surface area contributed by atoms with Crippen molar-refractivity contribution < 1.29 is 19.2 Å². The van der Waals surface area contributed by atoms with E-state index in [1.54, 1.807) is 0 Å². The quantitative estimate of drug-likeness (QED) is 0.0725. The van der Waals surface area contributed by atoms with Crippen molar-refractivity contribution in [2.75, 3.05) is 19.6 Å². The number of Topliss-reactive ketones (excluding diaryl/α,β-unsaturated/α-hetero) is 2. The second-order valence-corrected chi connectivity index (χ2v) is 15.9. The molecule has 0 bridgehead atoms. The van der Waals surface area contributed by atoms with Crippen LogP contribution in [0, 0.1) is 10.8 Å². The molecule has 0 spiro atoms. The maximum Gasteiger partial charge on any atom is 0.220 e. The van der Waals surface area contributed by atoms with Crippen molar-refractivity contribution in [1.82, 2.24) is 21.3 Å². The van der Waals surface area contributed by atoms with E-state index in [1.165, 1.54) is 6.42 Å². The number of rotatable bonds is 26. The van der Waals surface area contributed by atoms with Crippen LogP contribution in [0.3, 0.4) is 0 Å². The molecule has 0 fully saturated rings. The Morgan fingerprint density at radius 2 is 1.09 bits per heavy atom. The Morgan fingerprint density at radius 3 is 1.57 bits per heavy atom. The lowest BCUT2D eigenvalue weighted by atomic mass is 9.68. The molecular formula is C37H73N5O4. The van der Waals surface area contributed by atoms with Crippen molar-refractivity contribution in [2.45, 2.75) is 183 Å². The minimum atomic E-state index is -0.922. The van der Waals surface area contributed by atoms with Crippen LogP contribution in [0.25, 0.3) is 0 Å². The molecule has 9 nitrogen and oxygen atoms in total. The van der Waals surface area contributed by atoms with Crippen LogP contribution in [0.5, 0.6) is 0 Å². The van der Waals surface area contributed by atoms with Crippen LogP contribution in [-0.4, -0.2) is 66.2 Å². The number of ketones is 2. The van der Waals surface area contributed by atoms with Crippen molar-refractivity contribution in [1.29, 1.82) is 0 Å². The number of hydrogen-bond acceptors (Lipinski definition) is 7. The fourth-order valence-electron chi connectivity index (χ4n) is 5.68. The highest BCUT2D eigenvalue weighted by atomic mass is 16.2. The monoisotopic (exact) mass is 652 g/mol. The first-order valence-electron chi connectivity index (χ1n) is 18.1. The third-order valence-corrected chi connectivity index (χ3v) is 9.45. The molecule has 0 saturated carbocycles. The lowest BCUT2D eigenvalue weighted by Gasteiger charge is -2.46. The average Bonchev–Trinajstić information content (AvgIpc) is 2.96. The summed E-state index contributed by atoms with van der Waals surface area (Å²) in [6, 6.07) is -1.16. The van der Waals surface area contributed by atoms with Gasteiger partial charge in [0.15, 0.2) is 11.6 Å². The molecule has 2 atom stereocenters. The average molecular weight is 652 g/mol. The molecule has 270 valence electrons. The van der Waals surface area contributed by atoms with Crippen LogP contribution in [0.4, 0.5) is 0 Å². The maximum absolute atomic E-state index is 14.5. The Kier molecular flexibility index (Phi) is 20.3. The standard InChI is InChI=1S/C37H73N5O4/c1-12-14-16-18-24-35(6,7)41-29(21-23-31(44)40-27-25-38)33(46)36(8,9)37(10,11)42-28(32(45)34(3,4)5)20-22-30(43)39-26-19-17-15-13-2/h28-29,41-42H,12-27,38H2,1-11H3,(H,39,43)(H,40,44). The molecule has 6 N–H and O–H groups in total. The second-order valence-electron chi connectivity index (χ2n) is 15.9. The van der Waals surface area contributed by atoms with E-state index < -0.39 is 28.5 Å². The molecule has 0 aliphatic carbocycles. The van der Waals surface area contributed by atoms with Gasteiger partial charge in [-0.3, -0.25) is 19.2 Å². The summed E-state index contributed by atoms with van der Waals surface area (Å²) >= 11 is 0. The Balaban J connectivity index is 6.00. The van der Waals surface area contributed by atoms with Gasteiger partial charge in [-0.25, -0.2) is 0 Å². The van der Waals surface area contributed by atoms with Gasteiger partial charge < -0.3 is 27.0 Å². The number of carbonyl (C=O) groups excluding carboxylic acids is 4. The van der Waals surface area contributed by atoms with Crippen LogP contribution >= 0.6 is 0 Å². The molecule has 0 aromatic heterocycles. The number of carbonyl (C=O) groups is 4. The van der Waals surface area contributed by atoms with E-state index in [0.717, 1.165) is 51.4 Å². The van der Waals surface area contributed by atoms with Crippen molar-refractivity contribution in [3.8, 4) is 0 Å². The minimum absolute atomic E-state index is 0.00922. The highest BCUT2D eigenvalue weighted by Gasteiger charge is 2.48. The van der Waals surface area contributed by atoms with Gasteiger partial charge >= 0.3 is 0 Å². The van der Waals surface area contributed by atoms with E-state index in [0.29, 0.717) is 32.5 Å². The summed E-state index contributed by atoms with van der Waals surface area (Å²) < 4.78 is 0. The van der Waals surface area contributed by atoms with Crippen molar-refractivity contribution in [3.63, 3.8) is 0 Å². The van der Waals surface area contributed by atoms with Gasteiger partial charge in [0.25, 0.3) is 0 Å². The van der Waals surface area contributed by atoms with Crippen LogP contribution in [0.1, 0.15) is 160 Å². The molecule has 0 aliphatic heterocycles. The summed E-state index contributed by atoms with van der Waals surface area (Å²) in [6.45, 7) is 23.4. The van der Waals surface area contributed by atoms with Gasteiger partial charge in [-0.1, -0.05) is 93.4 Å². The fourth-order valence-corrected chi connectivity index (χ4v) is 5.68. The number of nitrogens with one attached hydrogen (secondary N) is 4. The summed E-state index contributed by atoms with van der Waals surface area (Å²) in [5, 5.41) is 13.0. The zero-order valence-electron chi connectivity index (χ0n) is 31.7. The first-order valence-corrected chi connectivity index (χ1v) is 18.1. The summed E-state index contributed by atoms with van der Waals surface area (Å²) in [4.78, 5) is 53.4. The normalized spacial score (nSPS) is 14.1. The third kappa shape index (κ3) is 16.8. The van der Waals surface area contributed by atoms with E-state index in [1.807, 2.05) is 48.5 Å². The van der Waals surface area contributed by atoms with E-state index in [9.17, 15) is 19.2 Å². The molecule has 0 saturated heterocycles. The van der Waals surface area contributed by atoms with Gasteiger partial charge in [0.05, 0.1) is 12.1 Å². The van der Waals surface area contributed by atoms with Crippen molar-refractivity contribution in [3.05, 3.63) is 0 Å². The molecule has 0 radical (unpaired) electrons. The minimum Gasteiger partial charge on any atom is -0.356 e. The first-order chi connectivity index (χ1) is 21.3. The molecule has 0 heterocycles. The maximum atomic E-state index is 14.5. The number of hydrogen-bond donors (Lipinski definition) is 5. The summed E-state index contributed by atoms with van der Waals surface area (Å²) in [6.07, 6.45) is 10.9. The van der Waals surface area contributed by atoms with E-state index in [4.69, 9.17) is 5.73 Å². The van der Waals surface area contributed by atoms with E-state index in [-0.39, 0.29) is 41.8 Å². The van der Waals surface area contributed by atoms with Crippen LogP contribution in [-0.2, 0) is 19.2 Å². The van der Waals surface area contributed by atoms with Crippen molar-refractivity contribution in [2.24, 2.45) is 16.6 Å². The Hall–Kier alpha value is -1.84. The predicted octanol–water partition coefficient (Wildman–Crippen LogP) is 5.97. The van der Waals surface area contributed by atoms with Crippen LogP contribution < -0.4 is 27.0 Å². The highest BCUT2D eigenvalue weighted by Crippen LogP contribution is 2.36. The molecule has 2 amide bonds. The van der Waals surface area contributed by atoms with E-state index in [2.05, 4.69) is 49.0 Å².